The highest BCUT2D eigenvalue weighted by molar-refractivity contribution is 5.92. The number of nitrogen functional groups attached to an aromatic ring is 1. The summed E-state index contributed by atoms with van der Waals surface area (Å²) in [5.41, 5.74) is 7.16. The summed E-state index contributed by atoms with van der Waals surface area (Å²) < 4.78 is 5.62. The zero-order valence-corrected chi connectivity index (χ0v) is 13.6. The van der Waals surface area contributed by atoms with Crippen molar-refractivity contribution in [3.05, 3.63) is 29.8 Å². The number of hydrogen-bond donors (Lipinski definition) is 2. The fourth-order valence-electron chi connectivity index (χ4n) is 1.64. The molecule has 0 fully saturated rings. The Morgan fingerprint density at radius 2 is 2.05 bits per heavy atom. The maximum atomic E-state index is 11.7. The molecule has 0 saturated heterocycles. The summed E-state index contributed by atoms with van der Waals surface area (Å²) in [6, 6.07) is 5.52. The van der Waals surface area contributed by atoms with Crippen LogP contribution in [-0.2, 0) is 4.79 Å². The summed E-state index contributed by atoms with van der Waals surface area (Å²) in [6.45, 7) is 10.6. The normalized spacial score (nSPS) is 11.9. The summed E-state index contributed by atoms with van der Waals surface area (Å²) in [5.74, 6) is 1.01. The number of rotatable bonds is 5. The first-order valence-corrected chi connectivity index (χ1v) is 7.20. The second-order valence-electron chi connectivity index (χ2n) is 6.57. The van der Waals surface area contributed by atoms with E-state index in [1.165, 1.54) is 6.08 Å². The van der Waals surface area contributed by atoms with Crippen LogP contribution in [0.5, 0.6) is 5.75 Å². The maximum Gasteiger partial charge on any atom is 0.244 e. The van der Waals surface area contributed by atoms with Gasteiger partial charge in [0.1, 0.15) is 5.75 Å². The van der Waals surface area contributed by atoms with Crippen molar-refractivity contribution >= 4 is 17.7 Å². The molecular weight excluding hydrogens is 264 g/mol. The number of anilines is 1. The van der Waals surface area contributed by atoms with Gasteiger partial charge in [-0.2, -0.15) is 0 Å². The summed E-state index contributed by atoms with van der Waals surface area (Å²) in [4.78, 5) is 11.7. The van der Waals surface area contributed by atoms with E-state index < -0.39 is 0 Å². The van der Waals surface area contributed by atoms with Crippen LogP contribution in [0.1, 0.15) is 40.2 Å². The Hall–Kier alpha value is -1.97. The lowest BCUT2D eigenvalue weighted by molar-refractivity contribution is -0.117. The predicted molar refractivity (Wildman–Crippen MR) is 88.1 cm³/mol. The Balaban J connectivity index is 2.69. The van der Waals surface area contributed by atoms with Crippen molar-refractivity contribution in [1.29, 1.82) is 0 Å². The molecule has 0 unspecified atom stereocenters. The lowest BCUT2D eigenvalue weighted by Crippen LogP contribution is -2.39. The van der Waals surface area contributed by atoms with Crippen molar-refractivity contribution in [2.24, 2.45) is 5.92 Å². The molecule has 0 aliphatic rings. The molecule has 0 atom stereocenters. The molecule has 0 aliphatic carbocycles. The Labute approximate surface area is 127 Å². The van der Waals surface area contributed by atoms with Crippen LogP contribution in [0.15, 0.2) is 24.3 Å². The van der Waals surface area contributed by atoms with Gasteiger partial charge in [0.15, 0.2) is 0 Å². The first kappa shape index (κ1) is 17.1. The zero-order valence-electron chi connectivity index (χ0n) is 13.6. The standard InChI is InChI=1S/C17H26N2O2/c1-12(2)11-21-15-8-6-13(10-14(15)18)7-9-16(20)19-17(3,4)5/h6-10,12H,11,18H2,1-5H3,(H,19,20)/b9-7-. The van der Waals surface area contributed by atoms with Crippen molar-refractivity contribution in [3.63, 3.8) is 0 Å². The van der Waals surface area contributed by atoms with Gasteiger partial charge in [0.05, 0.1) is 12.3 Å². The lowest BCUT2D eigenvalue weighted by Gasteiger charge is -2.19. The fraction of sp³-hybridized carbons (Fsp3) is 0.471. The molecule has 1 aromatic carbocycles. The molecule has 3 N–H and O–H groups in total. The number of nitrogens with two attached hydrogens (primary N) is 1. The largest absolute Gasteiger partial charge is 0.491 e. The van der Waals surface area contributed by atoms with E-state index in [4.69, 9.17) is 10.5 Å². The van der Waals surface area contributed by atoms with E-state index in [0.717, 1.165) is 5.56 Å². The van der Waals surface area contributed by atoms with Crippen molar-refractivity contribution in [2.45, 2.75) is 40.2 Å². The minimum atomic E-state index is -0.241. The molecule has 116 valence electrons. The second kappa shape index (κ2) is 7.16. The summed E-state index contributed by atoms with van der Waals surface area (Å²) >= 11 is 0. The smallest absolute Gasteiger partial charge is 0.244 e. The number of benzene rings is 1. The third kappa shape index (κ3) is 6.84. The molecule has 0 aliphatic heterocycles. The van der Waals surface area contributed by atoms with E-state index >= 15 is 0 Å². The molecule has 1 amide bonds. The first-order chi connectivity index (χ1) is 9.67. The highest BCUT2D eigenvalue weighted by Crippen LogP contribution is 2.23. The fourth-order valence-corrected chi connectivity index (χ4v) is 1.64. The third-order valence-electron chi connectivity index (χ3n) is 2.53. The number of ether oxygens (including phenoxy) is 1. The number of carbonyl (C=O) groups is 1. The maximum absolute atomic E-state index is 11.7. The Bertz CT molecular complexity index is 514. The van der Waals surface area contributed by atoms with Crippen LogP contribution in [0.25, 0.3) is 6.08 Å². The van der Waals surface area contributed by atoms with E-state index in [1.807, 2.05) is 32.9 Å². The Morgan fingerprint density at radius 1 is 1.38 bits per heavy atom. The predicted octanol–water partition coefficient (Wildman–Crippen LogP) is 3.23. The van der Waals surface area contributed by atoms with Crippen LogP contribution in [0.4, 0.5) is 5.69 Å². The number of carbonyl (C=O) groups excluding carboxylic acids is 1. The van der Waals surface area contributed by atoms with Crippen molar-refractivity contribution < 1.29 is 9.53 Å². The topological polar surface area (TPSA) is 64.3 Å². The van der Waals surface area contributed by atoms with Gasteiger partial charge in [-0.1, -0.05) is 19.9 Å². The Kier molecular flexibility index (Phi) is 5.82. The molecule has 0 spiro atoms. The molecule has 1 rings (SSSR count). The van der Waals surface area contributed by atoms with Crippen LogP contribution in [-0.4, -0.2) is 18.1 Å². The second-order valence-corrected chi connectivity index (χ2v) is 6.57. The van der Waals surface area contributed by atoms with Gasteiger partial charge in [0, 0.05) is 11.6 Å². The highest BCUT2D eigenvalue weighted by Gasteiger charge is 2.11. The lowest BCUT2D eigenvalue weighted by atomic mass is 10.1. The summed E-state index contributed by atoms with van der Waals surface area (Å²) in [7, 11) is 0. The molecule has 0 aromatic heterocycles. The number of amides is 1. The van der Waals surface area contributed by atoms with Gasteiger partial charge in [0.2, 0.25) is 5.91 Å². The number of nitrogens with one attached hydrogen (secondary N) is 1. The van der Waals surface area contributed by atoms with Crippen LogP contribution < -0.4 is 15.8 Å². The van der Waals surface area contributed by atoms with Crippen LogP contribution in [0.3, 0.4) is 0 Å². The number of hydrogen-bond acceptors (Lipinski definition) is 3. The molecule has 4 heteroatoms. The van der Waals surface area contributed by atoms with Gasteiger partial charge < -0.3 is 15.8 Å². The Morgan fingerprint density at radius 3 is 2.57 bits per heavy atom. The van der Waals surface area contributed by atoms with Gasteiger partial charge in [0.25, 0.3) is 0 Å². The quantitative estimate of drug-likeness (QED) is 0.646. The van der Waals surface area contributed by atoms with Crippen LogP contribution in [0.2, 0.25) is 0 Å². The molecule has 4 nitrogen and oxygen atoms in total. The average molecular weight is 290 g/mol. The molecule has 21 heavy (non-hydrogen) atoms. The SMILES string of the molecule is CC(C)COc1ccc(/C=C\C(=O)NC(C)(C)C)cc1N. The summed E-state index contributed by atoms with van der Waals surface area (Å²) in [6.07, 6.45) is 3.25. The molecular formula is C17H26N2O2. The van der Waals surface area contributed by atoms with E-state index in [0.29, 0.717) is 24.0 Å². The van der Waals surface area contributed by atoms with E-state index in [-0.39, 0.29) is 11.4 Å². The van der Waals surface area contributed by atoms with E-state index in [1.54, 1.807) is 12.1 Å². The van der Waals surface area contributed by atoms with Crippen molar-refractivity contribution in [3.8, 4) is 5.75 Å². The van der Waals surface area contributed by atoms with Gasteiger partial charge >= 0.3 is 0 Å². The van der Waals surface area contributed by atoms with Gasteiger partial charge in [-0.05, 0) is 50.5 Å². The molecule has 1 aromatic rings. The van der Waals surface area contributed by atoms with E-state index in [2.05, 4.69) is 19.2 Å². The first-order valence-electron chi connectivity index (χ1n) is 7.20. The minimum absolute atomic E-state index is 0.124. The monoisotopic (exact) mass is 290 g/mol. The van der Waals surface area contributed by atoms with Crippen LogP contribution >= 0.6 is 0 Å². The molecule has 0 radical (unpaired) electrons. The van der Waals surface area contributed by atoms with E-state index in [9.17, 15) is 4.79 Å². The zero-order chi connectivity index (χ0) is 16.0. The van der Waals surface area contributed by atoms with Crippen molar-refractivity contribution in [2.75, 3.05) is 12.3 Å². The third-order valence-corrected chi connectivity index (χ3v) is 2.53. The molecule has 0 saturated carbocycles. The summed E-state index contributed by atoms with van der Waals surface area (Å²) in [5, 5.41) is 2.87. The highest BCUT2D eigenvalue weighted by atomic mass is 16.5. The minimum Gasteiger partial charge on any atom is -0.491 e. The van der Waals surface area contributed by atoms with Gasteiger partial charge in [-0.15, -0.1) is 0 Å². The van der Waals surface area contributed by atoms with Crippen LogP contribution in [0, 0.1) is 5.92 Å². The van der Waals surface area contributed by atoms with Gasteiger partial charge in [-0.25, -0.2) is 0 Å². The molecule has 0 heterocycles. The molecule has 0 bridgehead atoms. The van der Waals surface area contributed by atoms with Gasteiger partial charge in [-0.3, -0.25) is 4.79 Å². The van der Waals surface area contributed by atoms with Crippen molar-refractivity contribution in [1.82, 2.24) is 5.32 Å². The average Bonchev–Trinajstić information content (AvgIpc) is 2.33.